The average molecular weight is 159 g/mol. The summed E-state index contributed by atoms with van der Waals surface area (Å²) in [7, 11) is 0. The molecule has 2 N–H and O–H groups in total. The fourth-order valence-electron chi connectivity index (χ4n) is 0.762. The maximum absolute atomic E-state index is 10.8. The van der Waals surface area contributed by atoms with Crippen molar-refractivity contribution in [1.82, 2.24) is 5.01 Å². The second kappa shape index (κ2) is 2.49. The number of nitrogens with zero attached hydrogens (tertiary/aromatic N) is 2. The molecule has 0 bridgehead atoms. The van der Waals surface area contributed by atoms with Gasteiger partial charge in [0.2, 0.25) is 5.91 Å². The molecule has 4 nitrogen and oxygen atoms in total. The van der Waals surface area contributed by atoms with Gasteiger partial charge in [0.25, 0.3) is 0 Å². The molecule has 1 aliphatic heterocycles. The first kappa shape index (κ1) is 7.40. The van der Waals surface area contributed by atoms with Crippen molar-refractivity contribution in [2.75, 3.05) is 0 Å². The molecular weight excluding hydrogens is 150 g/mol. The molecular formula is C5H9N3OS. The fraction of sp³-hybridized carbons (Fsp3) is 0.600. The predicted octanol–water partition coefficient (Wildman–Crippen LogP) is 0.157. The highest BCUT2D eigenvalue weighted by molar-refractivity contribution is 8.14. The Bertz CT molecular complexity index is 191. The number of carbonyl (C=O) groups is 1. The minimum atomic E-state index is -0.0690. The molecule has 1 rings (SSSR count). The normalized spacial score (nSPS) is 24.8. The molecule has 0 aromatic heterocycles. The molecule has 10 heavy (non-hydrogen) atoms. The van der Waals surface area contributed by atoms with Crippen LogP contribution in [0.5, 0.6) is 0 Å². The number of carbonyl (C=O) groups excluding carboxylic acids is 1. The van der Waals surface area contributed by atoms with E-state index in [1.54, 1.807) is 0 Å². The topological polar surface area (TPSA) is 58.7 Å². The molecule has 0 unspecified atom stereocenters. The molecule has 0 aromatic carbocycles. The first-order valence-corrected chi connectivity index (χ1v) is 3.80. The van der Waals surface area contributed by atoms with Crippen molar-refractivity contribution in [3.63, 3.8) is 0 Å². The largest absolute Gasteiger partial charge is 0.377 e. The third kappa shape index (κ3) is 1.23. The van der Waals surface area contributed by atoms with Crippen LogP contribution in [0, 0.1) is 0 Å². The van der Waals surface area contributed by atoms with E-state index in [1.807, 2.05) is 6.92 Å². The van der Waals surface area contributed by atoms with E-state index in [4.69, 9.17) is 5.73 Å². The number of hydrazone groups is 1. The zero-order valence-corrected chi connectivity index (χ0v) is 6.68. The lowest BCUT2D eigenvalue weighted by atomic mass is 10.6. The Balaban J connectivity index is 2.69. The van der Waals surface area contributed by atoms with Gasteiger partial charge < -0.3 is 5.73 Å². The maximum Gasteiger partial charge on any atom is 0.240 e. The van der Waals surface area contributed by atoms with Gasteiger partial charge in [-0.2, -0.15) is 0 Å². The summed E-state index contributed by atoms with van der Waals surface area (Å²) in [5.41, 5.74) is 5.37. The van der Waals surface area contributed by atoms with Gasteiger partial charge in [0.15, 0.2) is 5.17 Å². The van der Waals surface area contributed by atoms with Gasteiger partial charge in [-0.3, -0.25) is 4.79 Å². The molecule has 1 atom stereocenters. The second-order valence-electron chi connectivity index (χ2n) is 2.02. The Labute approximate surface area is 63.4 Å². The minimum absolute atomic E-state index is 0.0532. The maximum atomic E-state index is 10.8. The summed E-state index contributed by atoms with van der Waals surface area (Å²) < 4.78 is 0. The van der Waals surface area contributed by atoms with E-state index < -0.39 is 0 Å². The van der Waals surface area contributed by atoms with Crippen LogP contribution >= 0.6 is 11.8 Å². The van der Waals surface area contributed by atoms with Crippen molar-refractivity contribution >= 4 is 22.8 Å². The van der Waals surface area contributed by atoms with Crippen molar-refractivity contribution in [1.29, 1.82) is 0 Å². The van der Waals surface area contributed by atoms with Crippen molar-refractivity contribution < 1.29 is 4.79 Å². The number of nitrogens with two attached hydrogens (primary N) is 1. The van der Waals surface area contributed by atoms with Gasteiger partial charge >= 0.3 is 0 Å². The van der Waals surface area contributed by atoms with Gasteiger partial charge in [-0.15, -0.1) is 5.10 Å². The van der Waals surface area contributed by atoms with Gasteiger partial charge in [-0.05, 0) is 6.92 Å². The molecule has 1 amide bonds. The van der Waals surface area contributed by atoms with E-state index in [1.165, 1.54) is 23.7 Å². The van der Waals surface area contributed by atoms with Crippen LogP contribution in [0.2, 0.25) is 0 Å². The smallest absolute Gasteiger partial charge is 0.240 e. The van der Waals surface area contributed by atoms with Crippen molar-refractivity contribution in [2.24, 2.45) is 10.8 Å². The lowest BCUT2D eigenvalue weighted by molar-refractivity contribution is -0.129. The summed E-state index contributed by atoms with van der Waals surface area (Å²) in [5, 5.41) is 5.70. The minimum Gasteiger partial charge on any atom is -0.377 e. The summed E-state index contributed by atoms with van der Waals surface area (Å²) in [6.45, 7) is 3.36. The molecule has 0 aliphatic carbocycles. The zero-order valence-electron chi connectivity index (χ0n) is 5.87. The lowest BCUT2D eigenvalue weighted by Gasteiger charge is -2.12. The summed E-state index contributed by atoms with van der Waals surface area (Å²) in [6.07, 6.45) is 0. The molecule has 0 aromatic rings. The quantitative estimate of drug-likeness (QED) is 0.547. The molecule has 0 fully saturated rings. The van der Waals surface area contributed by atoms with Gasteiger partial charge in [-0.25, -0.2) is 5.01 Å². The second-order valence-corrected chi connectivity index (χ2v) is 3.36. The third-order valence-electron chi connectivity index (χ3n) is 1.16. The highest BCUT2D eigenvalue weighted by Crippen LogP contribution is 2.22. The van der Waals surface area contributed by atoms with E-state index in [9.17, 15) is 4.79 Å². The van der Waals surface area contributed by atoms with E-state index >= 15 is 0 Å². The molecule has 1 aliphatic rings. The first-order valence-electron chi connectivity index (χ1n) is 2.92. The number of rotatable bonds is 0. The monoisotopic (exact) mass is 159 g/mol. The van der Waals surface area contributed by atoms with Crippen LogP contribution in [0.1, 0.15) is 13.8 Å². The van der Waals surface area contributed by atoms with Crippen LogP contribution < -0.4 is 5.73 Å². The van der Waals surface area contributed by atoms with Gasteiger partial charge in [-0.1, -0.05) is 11.8 Å². The molecule has 56 valence electrons. The Morgan fingerprint density at radius 3 is 2.70 bits per heavy atom. The number of amides is 1. The molecule has 0 spiro atoms. The fourth-order valence-corrected chi connectivity index (χ4v) is 1.54. The van der Waals surface area contributed by atoms with Crippen LogP contribution in [-0.2, 0) is 4.79 Å². The van der Waals surface area contributed by atoms with E-state index in [-0.39, 0.29) is 11.3 Å². The lowest BCUT2D eigenvalue weighted by Crippen LogP contribution is -2.26. The molecule has 5 heteroatoms. The van der Waals surface area contributed by atoms with Crippen LogP contribution in [0.4, 0.5) is 0 Å². The summed E-state index contributed by atoms with van der Waals surface area (Å²) in [6, 6.07) is 0. The Kier molecular flexibility index (Phi) is 1.85. The average Bonchev–Trinajstić information content (AvgIpc) is 2.10. The summed E-state index contributed by atoms with van der Waals surface area (Å²) in [5.74, 6) is -0.0690. The highest BCUT2D eigenvalue weighted by Gasteiger charge is 2.24. The van der Waals surface area contributed by atoms with Gasteiger partial charge in [0, 0.05) is 6.92 Å². The Morgan fingerprint density at radius 1 is 1.90 bits per heavy atom. The number of thioether (sulfide) groups is 1. The standard InChI is InChI=1S/C5H9N3OS/c1-3(9)8-4(2)10-5(6)7-8/h4H,1-2H3,(H2,6,7)/t4-/m1/s1. The number of hydrogen-bond acceptors (Lipinski definition) is 4. The van der Waals surface area contributed by atoms with E-state index in [0.29, 0.717) is 5.17 Å². The van der Waals surface area contributed by atoms with Crippen molar-refractivity contribution in [3.8, 4) is 0 Å². The van der Waals surface area contributed by atoms with E-state index in [2.05, 4.69) is 5.10 Å². The van der Waals surface area contributed by atoms with Crippen molar-refractivity contribution in [3.05, 3.63) is 0 Å². The van der Waals surface area contributed by atoms with E-state index in [0.717, 1.165) is 0 Å². The van der Waals surface area contributed by atoms with Crippen LogP contribution in [-0.4, -0.2) is 21.5 Å². The summed E-state index contributed by atoms with van der Waals surface area (Å²) >= 11 is 1.39. The predicted molar refractivity (Wildman–Crippen MR) is 41.2 cm³/mol. The third-order valence-corrected chi connectivity index (χ3v) is 2.03. The first-order chi connectivity index (χ1) is 4.61. The highest BCUT2D eigenvalue weighted by atomic mass is 32.2. The van der Waals surface area contributed by atoms with Crippen LogP contribution in [0.3, 0.4) is 0 Å². The van der Waals surface area contributed by atoms with Gasteiger partial charge in [0.05, 0.1) is 0 Å². The van der Waals surface area contributed by atoms with Crippen LogP contribution in [0.15, 0.2) is 5.10 Å². The molecule has 0 saturated carbocycles. The molecule has 0 radical (unpaired) electrons. The number of hydrogen-bond donors (Lipinski definition) is 1. The Morgan fingerprint density at radius 2 is 2.50 bits per heavy atom. The Hall–Kier alpha value is -0.710. The van der Waals surface area contributed by atoms with Crippen molar-refractivity contribution in [2.45, 2.75) is 19.2 Å². The number of amidine groups is 1. The SMILES string of the molecule is CC(=O)N1N=C(N)S[C@@H]1C. The molecule has 1 heterocycles. The van der Waals surface area contributed by atoms with Crippen LogP contribution in [0.25, 0.3) is 0 Å². The van der Waals surface area contributed by atoms with Gasteiger partial charge in [0.1, 0.15) is 5.37 Å². The zero-order chi connectivity index (χ0) is 7.72. The molecule has 0 saturated heterocycles. The summed E-state index contributed by atoms with van der Waals surface area (Å²) in [4.78, 5) is 10.8.